The molecular weight excluding hydrogens is 168 g/mol. The molecule has 0 fully saturated rings. The van der Waals surface area contributed by atoms with E-state index in [0.29, 0.717) is 19.0 Å². The van der Waals surface area contributed by atoms with Crippen LogP contribution in [0, 0.1) is 0 Å². The van der Waals surface area contributed by atoms with Crippen molar-refractivity contribution in [3.8, 4) is 5.75 Å². The van der Waals surface area contributed by atoms with Gasteiger partial charge in [0.25, 0.3) is 0 Å². The summed E-state index contributed by atoms with van der Waals surface area (Å²) in [6, 6.07) is 5.63. The molecule has 2 rings (SSSR count). The zero-order valence-electron chi connectivity index (χ0n) is 7.37. The second-order valence-corrected chi connectivity index (χ2v) is 2.98. The average Bonchev–Trinajstić information content (AvgIpc) is 2.51. The minimum Gasteiger partial charge on any atom is -0.426 e. The van der Waals surface area contributed by atoms with Crippen molar-refractivity contribution in [3.63, 3.8) is 0 Å². The van der Waals surface area contributed by atoms with Gasteiger partial charge in [0, 0.05) is 12.5 Å². The van der Waals surface area contributed by atoms with Crippen LogP contribution in [0.1, 0.15) is 18.1 Å². The summed E-state index contributed by atoms with van der Waals surface area (Å²) in [6.45, 7) is 2.55. The lowest BCUT2D eigenvalue weighted by atomic mass is 10.1. The Morgan fingerprint density at radius 1 is 1.46 bits per heavy atom. The fraction of sp³-hybridized carbons (Fsp3) is 0.300. The molecule has 1 aliphatic heterocycles. The molecule has 3 heteroatoms. The van der Waals surface area contributed by atoms with E-state index in [-0.39, 0.29) is 5.97 Å². The van der Waals surface area contributed by atoms with Gasteiger partial charge < -0.3 is 9.47 Å². The van der Waals surface area contributed by atoms with E-state index < -0.39 is 0 Å². The third-order valence-electron chi connectivity index (χ3n) is 1.99. The maximum absolute atomic E-state index is 10.7. The molecule has 0 amide bonds. The van der Waals surface area contributed by atoms with E-state index in [1.54, 1.807) is 6.07 Å². The van der Waals surface area contributed by atoms with Gasteiger partial charge in [0.2, 0.25) is 0 Å². The zero-order valence-corrected chi connectivity index (χ0v) is 7.37. The van der Waals surface area contributed by atoms with E-state index in [9.17, 15) is 4.79 Å². The van der Waals surface area contributed by atoms with Crippen molar-refractivity contribution in [2.24, 2.45) is 0 Å². The molecule has 1 heterocycles. The molecule has 1 aromatic carbocycles. The van der Waals surface area contributed by atoms with Gasteiger partial charge >= 0.3 is 5.97 Å². The first-order valence-corrected chi connectivity index (χ1v) is 4.14. The predicted octanol–water partition coefficient (Wildman–Crippen LogP) is 1.64. The molecule has 0 atom stereocenters. The Kier molecular flexibility index (Phi) is 2.02. The summed E-state index contributed by atoms with van der Waals surface area (Å²) in [7, 11) is 0. The quantitative estimate of drug-likeness (QED) is 0.484. The molecule has 0 spiro atoms. The number of hydrogen-bond donors (Lipinski definition) is 0. The summed E-state index contributed by atoms with van der Waals surface area (Å²) in [4.78, 5) is 10.7. The number of rotatable bonds is 1. The topological polar surface area (TPSA) is 35.5 Å². The van der Waals surface area contributed by atoms with Crippen molar-refractivity contribution in [2.75, 3.05) is 0 Å². The maximum atomic E-state index is 10.7. The molecule has 0 aromatic heterocycles. The number of ether oxygens (including phenoxy) is 2. The minimum absolute atomic E-state index is 0.291. The Labute approximate surface area is 76.3 Å². The highest BCUT2D eigenvalue weighted by atomic mass is 16.5. The third kappa shape index (κ3) is 1.55. The highest BCUT2D eigenvalue weighted by Crippen LogP contribution is 2.28. The van der Waals surface area contributed by atoms with E-state index in [2.05, 4.69) is 0 Å². The molecule has 0 bridgehead atoms. The fourth-order valence-corrected chi connectivity index (χ4v) is 1.42. The van der Waals surface area contributed by atoms with Gasteiger partial charge in [0.15, 0.2) is 0 Å². The standard InChI is InChI=1S/C10H10O3/c1-7(11)13-10-4-2-3-8-5-12-6-9(8)10/h2-4H,5-6H2,1H3. The highest BCUT2D eigenvalue weighted by Gasteiger charge is 2.16. The lowest BCUT2D eigenvalue weighted by molar-refractivity contribution is -0.131. The Morgan fingerprint density at radius 2 is 2.31 bits per heavy atom. The van der Waals surface area contributed by atoms with Crippen LogP contribution in [0.25, 0.3) is 0 Å². The van der Waals surface area contributed by atoms with Crippen molar-refractivity contribution in [3.05, 3.63) is 29.3 Å². The summed E-state index contributed by atoms with van der Waals surface area (Å²) in [5.41, 5.74) is 2.11. The van der Waals surface area contributed by atoms with Gasteiger partial charge in [-0.25, -0.2) is 0 Å². The van der Waals surface area contributed by atoms with Crippen molar-refractivity contribution in [1.82, 2.24) is 0 Å². The summed E-state index contributed by atoms with van der Waals surface area (Å²) >= 11 is 0. The molecule has 68 valence electrons. The van der Waals surface area contributed by atoms with Crippen LogP contribution in [0.15, 0.2) is 18.2 Å². The van der Waals surface area contributed by atoms with Crippen LogP contribution in [0.3, 0.4) is 0 Å². The Morgan fingerprint density at radius 3 is 3.08 bits per heavy atom. The number of esters is 1. The molecule has 0 saturated carbocycles. The van der Waals surface area contributed by atoms with E-state index in [1.807, 2.05) is 12.1 Å². The van der Waals surface area contributed by atoms with Gasteiger partial charge in [0.1, 0.15) is 5.75 Å². The number of carbonyl (C=O) groups is 1. The van der Waals surface area contributed by atoms with Crippen LogP contribution in [0.2, 0.25) is 0 Å². The lowest BCUT2D eigenvalue weighted by Crippen LogP contribution is -2.03. The zero-order chi connectivity index (χ0) is 9.26. The molecule has 0 unspecified atom stereocenters. The molecule has 0 aliphatic carbocycles. The smallest absolute Gasteiger partial charge is 0.308 e. The van der Waals surface area contributed by atoms with Gasteiger partial charge in [-0.15, -0.1) is 0 Å². The van der Waals surface area contributed by atoms with Crippen LogP contribution >= 0.6 is 0 Å². The predicted molar refractivity (Wildman–Crippen MR) is 46.2 cm³/mol. The van der Waals surface area contributed by atoms with E-state index in [4.69, 9.17) is 9.47 Å². The van der Waals surface area contributed by atoms with Gasteiger partial charge in [-0.2, -0.15) is 0 Å². The third-order valence-corrected chi connectivity index (χ3v) is 1.99. The first kappa shape index (κ1) is 8.26. The first-order chi connectivity index (χ1) is 6.27. The number of hydrogen-bond acceptors (Lipinski definition) is 3. The normalized spacial score (nSPS) is 13.9. The van der Waals surface area contributed by atoms with E-state index in [1.165, 1.54) is 6.92 Å². The Balaban J connectivity index is 2.36. The van der Waals surface area contributed by atoms with E-state index >= 15 is 0 Å². The minimum atomic E-state index is -0.291. The van der Waals surface area contributed by atoms with E-state index in [0.717, 1.165) is 11.1 Å². The summed E-state index contributed by atoms with van der Waals surface area (Å²) < 4.78 is 10.3. The number of fused-ring (bicyclic) bond motifs is 1. The summed E-state index contributed by atoms with van der Waals surface area (Å²) in [5.74, 6) is 0.336. The molecule has 1 aliphatic rings. The van der Waals surface area contributed by atoms with Crippen molar-refractivity contribution in [1.29, 1.82) is 0 Å². The van der Waals surface area contributed by atoms with Gasteiger partial charge in [-0.3, -0.25) is 4.79 Å². The van der Waals surface area contributed by atoms with Crippen molar-refractivity contribution >= 4 is 5.97 Å². The molecular formula is C10H10O3. The maximum Gasteiger partial charge on any atom is 0.308 e. The Hall–Kier alpha value is -1.35. The largest absolute Gasteiger partial charge is 0.426 e. The highest BCUT2D eigenvalue weighted by molar-refractivity contribution is 5.70. The van der Waals surface area contributed by atoms with Crippen molar-refractivity contribution in [2.45, 2.75) is 20.1 Å². The van der Waals surface area contributed by atoms with Gasteiger partial charge in [-0.1, -0.05) is 12.1 Å². The van der Waals surface area contributed by atoms with Crippen LogP contribution in [0.4, 0.5) is 0 Å². The van der Waals surface area contributed by atoms with Crippen LogP contribution in [-0.4, -0.2) is 5.97 Å². The molecule has 3 nitrogen and oxygen atoms in total. The monoisotopic (exact) mass is 178 g/mol. The summed E-state index contributed by atoms with van der Waals surface area (Å²) in [6.07, 6.45) is 0. The van der Waals surface area contributed by atoms with Gasteiger partial charge in [0.05, 0.1) is 13.2 Å². The first-order valence-electron chi connectivity index (χ1n) is 4.14. The summed E-state index contributed by atoms with van der Waals surface area (Å²) in [5, 5.41) is 0. The van der Waals surface area contributed by atoms with Crippen molar-refractivity contribution < 1.29 is 14.3 Å². The van der Waals surface area contributed by atoms with Gasteiger partial charge in [-0.05, 0) is 11.6 Å². The average molecular weight is 178 g/mol. The molecule has 0 saturated heterocycles. The SMILES string of the molecule is CC(=O)Oc1cccc2c1COC2. The molecule has 0 radical (unpaired) electrons. The second-order valence-electron chi connectivity index (χ2n) is 2.98. The molecule has 13 heavy (non-hydrogen) atoms. The lowest BCUT2D eigenvalue weighted by Gasteiger charge is -2.05. The van der Waals surface area contributed by atoms with Crippen LogP contribution in [0.5, 0.6) is 5.75 Å². The fourth-order valence-electron chi connectivity index (χ4n) is 1.42. The molecule has 0 N–H and O–H groups in total. The number of carbonyl (C=O) groups excluding carboxylic acids is 1. The van der Waals surface area contributed by atoms with Crippen LogP contribution < -0.4 is 4.74 Å². The van der Waals surface area contributed by atoms with Crippen LogP contribution in [-0.2, 0) is 22.7 Å². The number of benzene rings is 1. The second kappa shape index (κ2) is 3.18. The Bertz CT molecular complexity index is 344. The molecule has 1 aromatic rings.